The maximum atomic E-state index is 12.1. The molecule has 0 saturated carbocycles. The normalized spacial score (nSPS) is 11.0. The maximum Gasteiger partial charge on any atom is 0.297 e. The SMILES string of the molecule is CC(=O)N(Nc1ccccc1)C(=O)COCCOS(=O)(=O)c1ccccc1. The van der Waals surface area contributed by atoms with Crippen LogP contribution in [0.4, 0.5) is 5.69 Å². The number of anilines is 1. The Hall–Kier alpha value is -2.75. The van der Waals surface area contributed by atoms with Gasteiger partial charge in [-0.15, -0.1) is 0 Å². The molecule has 0 aliphatic carbocycles. The smallest absolute Gasteiger partial charge is 0.297 e. The molecule has 0 heterocycles. The van der Waals surface area contributed by atoms with E-state index in [1.165, 1.54) is 19.1 Å². The van der Waals surface area contributed by atoms with Gasteiger partial charge < -0.3 is 4.74 Å². The molecule has 144 valence electrons. The second kappa shape index (κ2) is 9.81. The fourth-order valence-corrected chi connectivity index (χ4v) is 2.95. The van der Waals surface area contributed by atoms with Gasteiger partial charge in [-0.1, -0.05) is 36.4 Å². The monoisotopic (exact) mass is 392 g/mol. The van der Waals surface area contributed by atoms with Gasteiger partial charge in [0.1, 0.15) is 6.61 Å². The quantitative estimate of drug-likeness (QED) is 0.394. The van der Waals surface area contributed by atoms with E-state index < -0.39 is 28.5 Å². The number of nitrogens with zero attached hydrogens (tertiary/aromatic N) is 1. The molecule has 2 amide bonds. The topological polar surface area (TPSA) is 102 Å². The highest BCUT2D eigenvalue weighted by Crippen LogP contribution is 2.11. The van der Waals surface area contributed by atoms with Crippen LogP contribution in [0.15, 0.2) is 65.6 Å². The van der Waals surface area contributed by atoms with E-state index in [-0.39, 0.29) is 18.1 Å². The molecule has 2 aromatic carbocycles. The number of nitrogens with one attached hydrogen (secondary N) is 1. The second-order valence-corrected chi connectivity index (χ2v) is 6.98. The summed E-state index contributed by atoms with van der Waals surface area (Å²) in [6, 6.07) is 16.4. The van der Waals surface area contributed by atoms with Gasteiger partial charge in [0.2, 0.25) is 5.91 Å². The largest absolute Gasteiger partial charge is 0.369 e. The molecule has 2 rings (SSSR count). The first-order chi connectivity index (χ1) is 12.9. The highest BCUT2D eigenvalue weighted by molar-refractivity contribution is 7.86. The van der Waals surface area contributed by atoms with Crippen LogP contribution in [-0.2, 0) is 28.6 Å². The lowest BCUT2D eigenvalue weighted by Crippen LogP contribution is -2.42. The van der Waals surface area contributed by atoms with Gasteiger partial charge in [0.05, 0.1) is 23.8 Å². The average Bonchev–Trinajstić information content (AvgIpc) is 2.67. The zero-order valence-electron chi connectivity index (χ0n) is 14.7. The summed E-state index contributed by atoms with van der Waals surface area (Å²) in [7, 11) is -3.87. The molecule has 27 heavy (non-hydrogen) atoms. The number of hydrogen-bond donors (Lipinski definition) is 1. The third-order valence-electron chi connectivity index (χ3n) is 3.30. The van der Waals surface area contributed by atoms with Crippen LogP contribution >= 0.6 is 0 Å². The molecule has 0 spiro atoms. The molecule has 0 aliphatic rings. The Bertz CT molecular complexity index is 856. The predicted octanol–water partition coefficient (Wildman–Crippen LogP) is 1.81. The van der Waals surface area contributed by atoms with Crippen LogP contribution in [0, 0.1) is 0 Å². The summed E-state index contributed by atoms with van der Waals surface area (Å²) in [6.07, 6.45) is 0. The molecule has 9 heteroatoms. The minimum Gasteiger partial charge on any atom is -0.369 e. The van der Waals surface area contributed by atoms with E-state index in [1.807, 2.05) is 0 Å². The van der Waals surface area contributed by atoms with Crippen molar-refractivity contribution in [3.8, 4) is 0 Å². The van der Waals surface area contributed by atoms with Gasteiger partial charge in [0, 0.05) is 6.92 Å². The van der Waals surface area contributed by atoms with E-state index >= 15 is 0 Å². The van der Waals surface area contributed by atoms with Crippen molar-refractivity contribution in [3.05, 3.63) is 60.7 Å². The van der Waals surface area contributed by atoms with Crippen LogP contribution in [0.25, 0.3) is 0 Å². The van der Waals surface area contributed by atoms with Crippen LogP contribution in [-0.4, -0.2) is 45.1 Å². The lowest BCUT2D eigenvalue weighted by molar-refractivity contribution is -0.145. The Labute approximate surface area is 157 Å². The lowest BCUT2D eigenvalue weighted by Gasteiger charge is -2.20. The number of ether oxygens (including phenoxy) is 1. The van der Waals surface area contributed by atoms with Crippen molar-refractivity contribution < 1.29 is 26.9 Å². The molecule has 0 aromatic heterocycles. The van der Waals surface area contributed by atoms with Crippen LogP contribution in [0.5, 0.6) is 0 Å². The Morgan fingerprint density at radius 3 is 2.15 bits per heavy atom. The van der Waals surface area contributed by atoms with Crippen molar-refractivity contribution in [1.29, 1.82) is 0 Å². The Morgan fingerprint density at radius 1 is 0.963 bits per heavy atom. The molecule has 0 saturated heterocycles. The number of hydrogen-bond acceptors (Lipinski definition) is 7. The predicted molar refractivity (Wildman–Crippen MR) is 98.0 cm³/mol. The van der Waals surface area contributed by atoms with Crippen molar-refractivity contribution in [2.75, 3.05) is 25.2 Å². The average molecular weight is 392 g/mol. The lowest BCUT2D eigenvalue weighted by atomic mass is 10.3. The highest BCUT2D eigenvalue weighted by Gasteiger charge is 2.19. The van der Waals surface area contributed by atoms with Crippen LogP contribution < -0.4 is 5.43 Å². The highest BCUT2D eigenvalue weighted by atomic mass is 32.2. The molecular weight excluding hydrogens is 372 g/mol. The first-order valence-electron chi connectivity index (χ1n) is 8.07. The minimum atomic E-state index is -3.87. The number of carbonyl (C=O) groups is 2. The van der Waals surface area contributed by atoms with E-state index in [1.54, 1.807) is 48.5 Å². The van der Waals surface area contributed by atoms with Gasteiger partial charge >= 0.3 is 0 Å². The summed E-state index contributed by atoms with van der Waals surface area (Å²) >= 11 is 0. The number of para-hydroxylation sites is 1. The Balaban J connectivity index is 1.78. The van der Waals surface area contributed by atoms with E-state index in [0.29, 0.717) is 5.69 Å². The molecule has 0 atom stereocenters. The minimum absolute atomic E-state index is 0.0379. The number of amides is 2. The van der Waals surface area contributed by atoms with E-state index in [0.717, 1.165) is 5.01 Å². The van der Waals surface area contributed by atoms with Gasteiger partial charge in [0.25, 0.3) is 16.0 Å². The molecular formula is C18H20N2O6S. The molecule has 1 N–H and O–H groups in total. The molecule has 2 aromatic rings. The summed E-state index contributed by atoms with van der Waals surface area (Å²) < 4.78 is 33.8. The number of benzene rings is 2. The van der Waals surface area contributed by atoms with E-state index in [9.17, 15) is 18.0 Å². The molecule has 0 radical (unpaired) electrons. The molecule has 0 aliphatic heterocycles. The Kier molecular flexibility index (Phi) is 7.47. The standard InChI is InChI=1S/C18H20N2O6S/c1-15(21)20(19-16-8-4-2-5-9-16)18(22)14-25-12-13-26-27(23,24)17-10-6-3-7-11-17/h2-11,19H,12-14H2,1H3. The van der Waals surface area contributed by atoms with Crippen LogP contribution in [0.1, 0.15) is 6.92 Å². The van der Waals surface area contributed by atoms with E-state index in [2.05, 4.69) is 5.43 Å². The van der Waals surface area contributed by atoms with Crippen molar-refractivity contribution in [1.82, 2.24) is 5.01 Å². The third kappa shape index (κ3) is 6.48. The van der Waals surface area contributed by atoms with Gasteiger partial charge in [-0.05, 0) is 24.3 Å². The zero-order chi connectivity index (χ0) is 19.7. The zero-order valence-corrected chi connectivity index (χ0v) is 15.5. The van der Waals surface area contributed by atoms with Crippen LogP contribution in [0.2, 0.25) is 0 Å². The molecule has 8 nitrogen and oxygen atoms in total. The van der Waals surface area contributed by atoms with Gasteiger partial charge in [-0.25, -0.2) is 0 Å². The first-order valence-corrected chi connectivity index (χ1v) is 9.48. The summed E-state index contributed by atoms with van der Waals surface area (Å²) in [4.78, 5) is 23.8. The second-order valence-electron chi connectivity index (χ2n) is 5.37. The summed E-state index contributed by atoms with van der Waals surface area (Å²) in [5, 5.41) is 0.830. The Morgan fingerprint density at radius 2 is 1.56 bits per heavy atom. The van der Waals surface area contributed by atoms with Gasteiger partial charge in [-0.2, -0.15) is 13.4 Å². The fourth-order valence-electron chi connectivity index (χ4n) is 2.04. The van der Waals surface area contributed by atoms with Gasteiger partial charge in [-0.3, -0.25) is 19.2 Å². The molecule has 0 unspecified atom stereocenters. The van der Waals surface area contributed by atoms with Crippen molar-refractivity contribution >= 4 is 27.6 Å². The number of imide groups is 1. The van der Waals surface area contributed by atoms with E-state index in [4.69, 9.17) is 8.92 Å². The third-order valence-corrected chi connectivity index (χ3v) is 4.63. The van der Waals surface area contributed by atoms with Crippen molar-refractivity contribution in [3.63, 3.8) is 0 Å². The number of rotatable bonds is 9. The van der Waals surface area contributed by atoms with Crippen LogP contribution in [0.3, 0.4) is 0 Å². The van der Waals surface area contributed by atoms with Crippen molar-refractivity contribution in [2.45, 2.75) is 11.8 Å². The fraction of sp³-hybridized carbons (Fsp3) is 0.222. The maximum absolute atomic E-state index is 12.1. The summed E-state index contributed by atoms with van der Waals surface area (Å²) in [6.45, 7) is 0.448. The summed E-state index contributed by atoms with van der Waals surface area (Å²) in [5.41, 5.74) is 3.26. The number of carbonyl (C=O) groups excluding carboxylic acids is 2. The van der Waals surface area contributed by atoms with Gasteiger partial charge in [0.15, 0.2) is 0 Å². The van der Waals surface area contributed by atoms with Crippen molar-refractivity contribution in [2.24, 2.45) is 0 Å². The molecule has 0 bridgehead atoms. The summed E-state index contributed by atoms with van der Waals surface area (Å²) in [5.74, 6) is -1.12. The molecule has 0 fully saturated rings. The first kappa shape index (κ1) is 20.6. The number of hydrazine groups is 1.